The third-order valence-electron chi connectivity index (χ3n) is 4.90. The number of pyridine rings is 1. The summed E-state index contributed by atoms with van der Waals surface area (Å²) in [4.78, 5) is 22.7. The molecule has 0 saturated heterocycles. The van der Waals surface area contributed by atoms with Crippen LogP contribution >= 0.6 is 0 Å². The number of rotatable bonds is 7. The molecular weight excluding hydrogens is 482 g/mol. The molecule has 8 nitrogen and oxygen atoms in total. The van der Waals surface area contributed by atoms with Crippen LogP contribution in [0.1, 0.15) is 33.2 Å². The topological polar surface area (TPSA) is 147 Å². The smallest absolute Gasteiger partial charge is 0.189 e. The zero-order valence-electron chi connectivity index (χ0n) is 19.1. The highest BCUT2D eigenvalue weighted by molar-refractivity contribution is 6.05. The Kier molecular flexibility index (Phi) is 9.82. The lowest BCUT2D eigenvalue weighted by molar-refractivity contribution is -2.00. The fraction of sp³-hybridized carbons (Fsp3) is 0.0741. The Morgan fingerprint density at radius 1 is 0.778 bits per heavy atom. The minimum Gasteiger partial charge on any atom is -0.355 e. The van der Waals surface area contributed by atoms with Gasteiger partial charge in [-0.2, -0.15) is 0 Å². The van der Waals surface area contributed by atoms with Gasteiger partial charge in [-0.1, -0.05) is 97.1 Å². The zero-order chi connectivity index (χ0) is 25.8. The molecular formula is C27H23ClN3O5-. The van der Waals surface area contributed by atoms with Crippen LogP contribution in [0, 0.1) is 10.2 Å². The highest BCUT2D eigenvalue weighted by Gasteiger charge is 2.24. The number of hydrogen-bond donors (Lipinski definition) is 1. The lowest BCUT2D eigenvalue weighted by atomic mass is 9.97. The van der Waals surface area contributed by atoms with E-state index in [-0.39, 0.29) is 5.78 Å². The molecule has 0 aliphatic carbocycles. The van der Waals surface area contributed by atoms with Crippen LogP contribution in [0.3, 0.4) is 0 Å². The second-order valence-corrected chi connectivity index (χ2v) is 8.22. The molecule has 1 unspecified atom stereocenters. The summed E-state index contributed by atoms with van der Waals surface area (Å²) in [5, 5.41) is 3.39. The molecule has 0 spiro atoms. The van der Waals surface area contributed by atoms with Crippen molar-refractivity contribution in [1.29, 1.82) is 0 Å². The number of nitrogens with zero attached hydrogens (tertiary/aromatic N) is 2. The van der Waals surface area contributed by atoms with E-state index in [1.807, 2.05) is 109 Å². The molecule has 0 bridgehead atoms. The van der Waals surface area contributed by atoms with E-state index < -0.39 is 16.3 Å². The van der Waals surface area contributed by atoms with E-state index in [1.54, 1.807) is 6.20 Å². The Labute approximate surface area is 211 Å². The Morgan fingerprint density at radius 3 is 1.86 bits per heavy atom. The van der Waals surface area contributed by atoms with Gasteiger partial charge in [0.1, 0.15) is 17.6 Å². The summed E-state index contributed by atoms with van der Waals surface area (Å²) < 4.78 is 34.0. The van der Waals surface area contributed by atoms with Crippen LogP contribution in [0.4, 0.5) is 0 Å². The molecule has 36 heavy (non-hydrogen) atoms. The molecule has 0 saturated carbocycles. The molecule has 0 radical (unpaired) electrons. The van der Waals surface area contributed by atoms with Crippen LogP contribution < -0.4 is 24.0 Å². The van der Waals surface area contributed by atoms with Crippen molar-refractivity contribution in [3.8, 4) is 0 Å². The van der Waals surface area contributed by atoms with E-state index in [9.17, 15) is 4.79 Å². The average Bonchev–Trinajstić information content (AvgIpc) is 2.90. The molecule has 1 aromatic heterocycles. The summed E-state index contributed by atoms with van der Waals surface area (Å²) in [7, 11) is -4.94. The molecule has 1 atom stereocenters. The zero-order valence-corrected chi connectivity index (χ0v) is 19.8. The molecule has 9 heteroatoms. The van der Waals surface area contributed by atoms with Crippen LogP contribution in [0.15, 0.2) is 120 Å². The molecule has 3 aromatic carbocycles. The summed E-state index contributed by atoms with van der Waals surface area (Å²) >= 11 is 0. The maximum atomic E-state index is 13.4. The van der Waals surface area contributed by atoms with Crippen LogP contribution in [0.5, 0.6) is 0 Å². The van der Waals surface area contributed by atoms with Gasteiger partial charge >= 0.3 is 0 Å². The number of benzene rings is 3. The Morgan fingerprint density at radius 2 is 1.31 bits per heavy atom. The van der Waals surface area contributed by atoms with Gasteiger partial charge in [0.2, 0.25) is 0 Å². The summed E-state index contributed by atoms with van der Waals surface area (Å²) in [6, 6.07) is 34.1. The van der Waals surface area contributed by atoms with Crippen LogP contribution in [-0.2, 0) is 6.54 Å². The number of aromatic nitrogens is 1. The second kappa shape index (κ2) is 13.2. The molecule has 0 fully saturated rings. The van der Waals surface area contributed by atoms with Gasteiger partial charge in [0, 0.05) is 11.8 Å². The monoisotopic (exact) mass is 504 g/mol. The SMILES string of the molecule is O=C(c1ccccc1)C(NC(=NCc1ccccc1)c1ccccn1)c1ccccc1.[O-][Cl+3]([O-])([O-])[O-]. The van der Waals surface area contributed by atoms with Crippen molar-refractivity contribution >= 4 is 11.6 Å². The minimum atomic E-state index is -4.94. The number of hydrogen-bond acceptors (Lipinski definition) is 7. The van der Waals surface area contributed by atoms with Gasteiger partial charge in [-0.25, -0.2) is 18.6 Å². The van der Waals surface area contributed by atoms with Crippen molar-refractivity contribution in [2.45, 2.75) is 12.6 Å². The molecule has 4 rings (SSSR count). The Balaban J connectivity index is 0.000000658. The number of carbonyl (C=O) groups is 1. The summed E-state index contributed by atoms with van der Waals surface area (Å²) in [6.45, 7) is 0.487. The fourth-order valence-corrected chi connectivity index (χ4v) is 3.31. The number of halogens is 1. The normalized spacial score (nSPS) is 12.2. The largest absolute Gasteiger partial charge is 0.355 e. The summed E-state index contributed by atoms with van der Waals surface area (Å²) in [5.41, 5.74) is 3.30. The number of aliphatic imine (C=N–C) groups is 1. The first-order valence-electron chi connectivity index (χ1n) is 10.8. The highest BCUT2D eigenvalue weighted by Crippen LogP contribution is 2.19. The number of Topliss-reactive ketones (excluding diaryl/α,β-unsaturated/α-hetero) is 1. The van der Waals surface area contributed by atoms with E-state index >= 15 is 0 Å². The van der Waals surface area contributed by atoms with Gasteiger partial charge in [0.25, 0.3) is 0 Å². The lowest BCUT2D eigenvalue weighted by Crippen LogP contribution is -2.68. The number of amidine groups is 1. The van der Waals surface area contributed by atoms with Crippen LogP contribution in [0.2, 0.25) is 0 Å². The summed E-state index contributed by atoms with van der Waals surface area (Å²) in [6.07, 6.45) is 1.73. The maximum Gasteiger partial charge on any atom is 0.189 e. The van der Waals surface area contributed by atoms with Gasteiger partial charge in [-0.15, -0.1) is 10.2 Å². The van der Waals surface area contributed by atoms with E-state index in [1.165, 1.54) is 0 Å². The van der Waals surface area contributed by atoms with Crippen molar-refractivity contribution < 1.29 is 33.7 Å². The van der Waals surface area contributed by atoms with Gasteiger partial charge < -0.3 is 5.32 Å². The highest BCUT2D eigenvalue weighted by atomic mass is 35.7. The molecule has 4 aromatic rings. The first kappa shape index (κ1) is 26.7. The number of carbonyl (C=O) groups excluding carboxylic acids is 1. The third kappa shape index (κ3) is 9.03. The molecule has 184 valence electrons. The predicted molar refractivity (Wildman–Crippen MR) is 124 cm³/mol. The van der Waals surface area contributed by atoms with Crippen molar-refractivity contribution in [3.05, 3.63) is 138 Å². The van der Waals surface area contributed by atoms with Gasteiger partial charge in [-0.05, 0) is 23.3 Å². The van der Waals surface area contributed by atoms with E-state index in [0.717, 1.165) is 11.1 Å². The molecule has 1 heterocycles. The molecule has 0 aliphatic heterocycles. The van der Waals surface area contributed by atoms with Crippen molar-refractivity contribution in [2.75, 3.05) is 0 Å². The van der Waals surface area contributed by atoms with Gasteiger partial charge in [-0.3, -0.25) is 14.8 Å². The predicted octanol–water partition coefficient (Wildman–Crippen LogP) is 0.486. The number of nitrogens with one attached hydrogen (secondary N) is 1. The second-order valence-electron chi connectivity index (χ2n) is 7.46. The van der Waals surface area contributed by atoms with Crippen LogP contribution in [-0.4, -0.2) is 16.6 Å². The minimum absolute atomic E-state index is 0.0184. The quantitative estimate of drug-likeness (QED) is 0.219. The average molecular weight is 505 g/mol. The molecule has 1 N–H and O–H groups in total. The Hall–Kier alpha value is -3.92. The maximum absolute atomic E-state index is 13.4. The van der Waals surface area contributed by atoms with Crippen molar-refractivity contribution in [1.82, 2.24) is 10.3 Å². The first-order chi connectivity index (χ1) is 17.3. The fourth-order valence-electron chi connectivity index (χ4n) is 3.31. The van der Waals surface area contributed by atoms with E-state index in [0.29, 0.717) is 23.6 Å². The first-order valence-corrected chi connectivity index (χ1v) is 12.1. The van der Waals surface area contributed by atoms with E-state index in [4.69, 9.17) is 23.6 Å². The Bertz CT molecular complexity index is 1230. The third-order valence-corrected chi connectivity index (χ3v) is 4.90. The lowest BCUT2D eigenvalue weighted by Gasteiger charge is -2.21. The summed E-state index contributed by atoms with van der Waals surface area (Å²) in [5.74, 6) is 0.567. The van der Waals surface area contributed by atoms with E-state index in [2.05, 4.69) is 10.3 Å². The standard InChI is InChI=1S/C27H23N3O.ClHO4/c31-26(23-16-8-3-9-17-23)25(22-14-6-2-7-15-22)30-27(24-18-10-11-19-28-24)29-20-21-12-4-1-5-13-21;2-1(3,4)5/h1-19,25H,20H2,(H,29,30);(H,2,3,4,5)/p-1. The van der Waals surface area contributed by atoms with Gasteiger partial charge in [0.15, 0.2) is 5.78 Å². The molecule has 0 aliphatic rings. The number of ketones is 1. The van der Waals surface area contributed by atoms with Crippen molar-refractivity contribution in [2.24, 2.45) is 4.99 Å². The van der Waals surface area contributed by atoms with Crippen LogP contribution in [0.25, 0.3) is 0 Å². The van der Waals surface area contributed by atoms with Gasteiger partial charge in [0.05, 0.1) is 6.54 Å². The van der Waals surface area contributed by atoms with Crippen molar-refractivity contribution in [3.63, 3.8) is 0 Å². The molecule has 0 amide bonds.